The Morgan fingerprint density at radius 3 is 2.59 bits per heavy atom. The molecule has 0 fully saturated rings. The normalized spacial score (nSPS) is 10.4. The molecule has 0 saturated heterocycles. The third kappa shape index (κ3) is 2.68. The van der Waals surface area contributed by atoms with Gasteiger partial charge in [0, 0.05) is 5.69 Å². The molecule has 0 atom stereocenters. The van der Waals surface area contributed by atoms with Crippen LogP contribution in [-0.2, 0) is 0 Å². The molecule has 4 nitrogen and oxygen atoms in total. The molecule has 17 heavy (non-hydrogen) atoms. The van der Waals surface area contributed by atoms with E-state index < -0.39 is 5.82 Å². The third-order valence-corrected chi connectivity index (χ3v) is 2.56. The van der Waals surface area contributed by atoms with Gasteiger partial charge in [-0.1, -0.05) is 11.6 Å². The van der Waals surface area contributed by atoms with Crippen LogP contribution in [0.15, 0.2) is 18.2 Å². The molecule has 0 aliphatic heterocycles. The zero-order valence-electron chi connectivity index (χ0n) is 9.33. The van der Waals surface area contributed by atoms with Crippen LogP contribution >= 0.6 is 11.6 Å². The standard InChI is InChI=1S/C11H10ClFN4/c1-6-7(2)16-17-11(14-6)15-8-3-4-10(13)9(12)5-8/h3-5H,1-2H3,(H,14,15,17). The van der Waals surface area contributed by atoms with Crippen LogP contribution in [0.3, 0.4) is 0 Å². The highest BCUT2D eigenvalue weighted by Crippen LogP contribution is 2.21. The van der Waals surface area contributed by atoms with Gasteiger partial charge in [-0.15, -0.1) is 5.10 Å². The van der Waals surface area contributed by atoms with Crippen LogP contribution in [0.5, 0.6) is 0 Å². The Balaban J connectivity index is 2.25. The molecule has 2 aromatic rings. The fourth-order valence-electron chi connectivity index (χ4n) is 1.21. The average molecular weight is 253 g/mol. The highest BCUT2D eigenvalue weighted by atomic mass is 35.5. The van der Waals surface area contributed by atoms with Crippen molar-refractivity contribution in [3.05, 3.63) is 40.4 Å². The van der Waals surface area contributed by atoms with Gasteiger partial charge in [0.05, 0.1) is 16.4 Å². The van der Waals surface area contributed by atoms with Crippen molar-refractivity contribution in [1.82, 2.24) is 15.2 Å². The van der Waals surface area contributed by atoms with E-state index in [1.54, 1.807) is 6.07 Å². The number of benzene rings is 1. The molecule has 2 rings (SSSR count). The Hall–Kier alpha value is -1.75. The lowest BCUT2D eigenvalue weighted by Gasteiger charge is -2.06. The van der Waals surface area contributed by atoms with E-state index in [1.807, 2.05) is 13.8 Å². The summed E-state index contributed by atoms with van der Waals surface area (Å²) in [5, 5.41) is 10.8. The van der Waals surface area contributed by atoms with Crippen molar-refractivity contribution in [2.75, 3.05) is 5.32 Å². The molecule has 0 bridgehead atoms. The quantitative estimate of drug-likeness (QED) is 0.893. The Bertz CT molecular complexity index is 510. The zero-order chi connectivity index (χ0) is 12.4. The maximum absolute atomic E-state index is 13.0. The SMILES string of the molecule is Cc1nnc(Nc2ccc(F)c(Cl)c2)nc1C. The lowest BCUT2D eigenvalue weighted by molar-refractivity contribution is 0.628. The minimum absolute atomic E-state index is 0.0480. The lowest BCUT2D eigenvalue weighted by atomic mass is 10.3. The van der Waals surface area contributed by atoms with E-state index in [-0.39, 0.29) is 5.02 Å². The summed E-state index contributed by atoms with van der Waals surface area (Å²) in [6.07, 6.45) is 0. The molecule has 1 heterocycles. The zero-order valence-corrected chi connectivity index (χ0v) is 10.1. The number of nitrogens with zero attached hydrogens (tertiary/aromatic N) is 3. The van der Waals surface area contributed by atoms with Gasteiger partial charge in [-0.2, -0.15) is 5.10 Å². The number of anilines is 2. The monoisotopic (exact) mass is 252 g/mol. The predicted octanol–water partition coefficient (Wildman–Crippen LogP) is 3.02. The van der Waals surface area contributed by atoms with Gasteiger partial charge in [-0.25, -0.2) is 9.37 Å². The van der Waals surface area contributed by atoms with Crippen molar-refractivity contribution in [3.63, 3.8) is 0 Å². The first-order valence-electron chi connectivity index (χ1n) is 4.96. The summed E-state index contributed by atoms with van der Waals surface area (Å²) in [6.45, 7) is 3.67. The van der Waals surface area contributed by atoms with Crippen LogP contribution in [-0.4, -0.2) is 15.2 Å². The van der Waals surface area contributed by atoms with Gasteiger partial charge in [0.2, 0.25) is 5.95 Å². The van der Waals surface area contributed by atoms with E-state index in [0.29, 0.717) is 11.6 Å². The number of aromatic nitrogens is 3. The first-order valence-corrected chi connectivity index (χ1v) is 5.34. The summed E-state index contributed by atoms with van der Waals surface area (Å²) >= 11 is 5.67. The second kappa shape index (κ2) is 4.63. The van der Waals surface area contributed by atoms with Crippen LogP contribution in [0.4, 0.5) is 16.0 Å². The molecule has 88 valence electrons. The van der Waals surface area contributed by atoms with Crippen LogP contribution in [0.2, 0.25) is 5.02 Å². The molecular formula is C11H10ClFN4. The van der Waals surface area contributed by atoms with Crippen molar-refractivity contribution >= 4 is 23.2 Å². The fourth-order valence-corrected chi connectivity index (χ4v) is 1.39. The smallest absolute Gasteiger partial charge is 0.247 e. The first kappa shape index (κ1) is 11.7. The summed E-state index contributed by atoms with van der Waals surface area (Å²) in [4.78, 5) is 4.20. The van der Waals surface area contributed by atoms with E-state index in [4.69, 9.17) is 11.6 Å². The average Bonchev–Trinajstić information content (AvgIpc) is 2.29. The third-order valence-electron chi connectivity index (χ3n) is 2.27. The van der Waals surface area contributed by atoms with Crippen molar-refractivity contribution in [2.45, 2.75) is 13.8 Å². The van der Waals surface area contributed by atoms with Crippen LogP contribution in [0, 0.1) is 19.7 Å². The van der Waals surface area contributed by atoms with E-state index in [1.165, 1.54) is 12.1 Å². The van der Waals surface area contributed by atoms with Crippen molar-refractivity contribution in [2.24, 2.45) is 0 Å². The van der Waals surface area contributed by atoms with E-state index in [2.05, 4.69) is 20.5 Å². The van der Waals surface area contributed by atoms with Gasteiger partial charge in [0.1, 0.15) is 5.82 Å². The summed E-state index contributed by atoms with van der Waals surface area (Å²) in [5.74, 6) is -0.105. The van der Waals surface area contributed by atoms with Gasteiger partial charge in [0.15, 0.2) is 0 Å². The maximum atomic E-state index is 13.0. The first-order chi connectivity index (χ1) is 8.06. The van der Waals surface area contributed by atoms with Crippen molar-refractivity contribution in [1.29, 1.82) is 0 Å². The molecular weight excluding hydrogens is 243 g/mol. The molecule has 0 unspecified atom stereocenters. The molecule has 0 aliphatic carbocycles. The molecule has 1 aromatic heterocycles. The lowest BCUT2D eigenvalue weighted by Crippen LogP contribution is -2.02. The molecule has 0 spiro atoms. The number of halogens is 2. The van der Waals surface area contributed by atoms with Crippen molar-refractivity contribution in [3.8, 4) is 0 Å². The Kier molecular flexibility index (Phi) is 3.19. The second-order valence-corrected chi connectivity index (χ2v) is 3.97. The molecule has 0 amide bonds. The second-order valence-electron chi connectivity index (χ2n) is 3.56. The molecule has 0 radical (unpaired) electrons. The summed E-state index contributed by atoms with van der Waals surface area (Å²) < 4.78 is 13.0. The number of rotatable bonds is 2. The van der Waals surface area contributed by atoms with Crippen LogP contribution in [0.1, 0.15) is 11.4 Å². The van der Waals surface area contributed by atoms with E-state index in [9.17, 15) is 4.39 Å². The highest BCUT2D eigenvalue weighted by molar-refractivity contribution is 6.31. The number of nitrogens with one attached hydrogen (secondary N) is 1. The topological polar surface area (TPSA) is 50.7 Å². The number of hydrogen-bond donors (Lipinski definition) is 1. The molecule has 1 N–H and O–H groups in total. The Morgan fingerprint density at radius 1 is 1.18 bits per heavy atom. The maximum Gasteiger partial charge on any atom is 0.247 e. The molecule has 1 aromatic carbocycles. The Labute approximate surface area is 103 Å². The van der Waals surface area contributed by atoms with Crippen LogP contribution < -0.4 is 5.32 Å². The number of hydrogen-bond acceptors (Lipinski definition) is 4. The minimum atomic E-state index is -0.462. The molecule has 0 saturated carbocycles. The predicted molar refractivity (Wildman–Crippen MR) is 64.0 cm³/mol. The fraction of sp³-hybridized carbons (Fsp3) is 0.182. The van der Waals surface area contributed by atoms with Gasteiger partial charge in [-0.3, -0.25) is 0 Å². The highest BCUT2D eigenvalue weighted by Gasteiger charge is 2.04. The van der Waals surface area contributed by atoms with Gasteiger partial charge in [-0.05, 0) is 32.0 Å². The summed E-state index contributed by atoms with van der Waals surface area (Å²) in [5.41, 5.74) is 2.17. The minimum Gasteiger partial charge on any atom is -0.323 e. The molecule has 6 heteroatoms. The molecule has 0 aliphatic rings. The Morgan fingerprint density at radius 2 is 1.94 bits per heavy atom. The van der Waals surface area contributed by atoms with E-state index in [0.717, 1.165) is 11.4 Å². The number of aryl methyl sites for hydroxylation is 2. The van der Waals surface area contributed by atoms with Gasteiger partial charge in [0.25, 0.3) is 0 Å². The summed E-state index contributed by atoms with van der Waals surface area (Å²) in [7, 11) is 0. The van der Waals surface area contributed by atoms with Gasteiger partial charge >= 0.3 is 0 Å². The largest absolute Gasteiger partial charge is 0.323 e. The van der Waals surface area contributed by atoms with E-state index >= 15 is 0 Å². The van der Waals surface area contributed by atoms with Crippen LogP contribution in [0.25, 0.3) is 0 Å². The van der Waals surface area contributed by atoms with Gasteiger partial charge < -0.3 is 5.32 Å². The summed E-state index contributed by atoms with van der Waals surface area (Å²) in [6, 6.07) is 4.30. The van der Waals surface area contributed by atoms with Crippen molar-refractivity contribution < 1.29 is 4.39 Å².